The Morgan fingerprint density at radius 2 is 1.70 bits per heavy atom. The first-order valence-corrected chi connectivity index (χ1v) is 8.79. The minimum atomic E-state index is -0.875. The summed E-state index contributed by atoms with van der Waals surface area (Å²) in [5, 5.41) is 21.6. The number of aliphatic carboxylic acids is 1. The number of benzene rings is 1. The lowest BCUT2D eigenvalue weighted by Crippen LogP contribution is -2.47. The maximum absolute atomic E-state index is 13.1. The van der Waals surface area contributed by atoms with Crippen LogP contribution in [0.25, 0.3) is 5.65 Å². The highest BCUT2D eigenvalue weighted by atomic mass is 19.1. The zero-order chi connectivity index (χ0) is 18.8. The van der Waals surface area contributed by atoms with Crippen molar-refractivity contribution in [1.82, 2.24) is 19.8 Å². The first-order valence-electron chi connectivity index (χ1n) is 8.79. The van der Waals surface area contributed by atoms with E-state index >= 15 is 0 Å². The monoisotopic (exact) mass is 370 g/mol. The van der Waals surface area contributed by atoms with Crippen molar-refractivity contribution in [2.24, 2.45) is 0 Å². The van der Waals surface area contributed by atoms with Crippen molar-refractivity contribution in [2.75, 3.05) is 36.0 Å². The molecule has 1 fully saturated rings. The van der Waals surface area contributed by atoms with Crippen molar-refractivity contribution < 1.29 is 14.3 Å². The number of hydrogen-bond donors (Lipinski definition) is 1. The van der Waals surface area contributed by atoms with Gasteiger partial charge < -0.3 is 14.9 Å². The van der Waals surface area contributed by atoms with Gasteiger partial charge in [0.25, 0.3) is 0 Å². The lowest BCUT2D eigenvalue weighted by molar-refractivity contribution is -0.137. The van der Waals surface area contributed by atoms with Crippen LogP contribution in [0, 0.1) is 5.82 Å². The number of halogens is 1. The van der Waals surface area contributed by atoms with Gasteiger partial charge in [-0.15, -0.1) is 15.3 Å². The molecule has 0 spiro atoms. The molecule has 4 rings (SSSR count). The standard InChI is InChI=1S/C18H19FN6O2/c19-13-1-3-14(4-2-13)23-9-11-24(12-10-23)17-6-5-15-20-21-16(25(15)22-17)7-8-18(26)27/h1-6H,7-12H2,(H,26,27). The molecule has 1 N–H and O–H groups in total. The number of carbonyl (C=O) groups is 1. The Bertz CT molecular complexity index is 950. The molecule has 1 aromatic carbocycles. The number of carboxylic acid groups (broad SMARTS) is 1. The molecule has 0 bridgehead atoms. The third-order valence-electron chi connectivity index (χ3n) is 4.67. The molecule has 8 nitrogen and oxygen atoms in total. The van der Waals surface area contributed by atoms with Crippen LogP contribution in [0.15, 0.2) is 36.4 Å². The van der Waals surface area contributed by atoms with E-state index in [9.17, 15) is 9.18 Å². The first kappa shape index (κ1) is 17.2. The van der Waals surface area contributed by atoms with Crippen LogP contribution >= 0.6 is 0 Å². The van der Waals surface area contributed by atoms with E-state index in [4.69, 9.17) is 5.11 Å². The number of rotatable bonds is 5. The maximum Gasteiger partial charge on any atom is 0.303 e. The van der Waals surface area contributed by atoms with Gasteiger partial charge in [0, 0.05) is 38.3 Å². The van der Waals surface area contributed by atoms with Gasteiger partial charge >= 0.3 is 5.97 Å². The molecule has 2 aromatic heterocycles. The van der Waals surface area contributed by atoms with E-state index in [1.807, 2.05) is 12.1 Å². The number of fused-ring (bicyclic) bond motifs is 1. The highest BCUT2D eigenvalue weighted by Crippen LogP contribution is 2.20. The summed E-state index contributed by atoms with van der Waals surface area (Å²) in [6.07, 6.45) is 0.272. The fourth-order valence-corrected chi connectivity index (χ4v) is 3.21. The average Bonchev–Trinajstić information content (AvgIpc) is 3.09. The third-order valence-corrected chi connectivity index (χ3v) is 4.67. The van der Waals surface area contributed by atoms with E-state index in [0.29, 0.717) is 11.5 Å². The molecule has 0 amide bonds. The quantitative estimate of drug-likeness (QED) is 0.730. The Morgan fingerprint density at radius 3 is 2.41 bits per heavy atom. The van der Waals surface area contributed by atoms with Gasteiger partial charge in [-0.2, -0.15) is 4.52 Å². The van der Waals surface area contributed by atoms with E-state index < -0.39 is 5.97 Å². The molecule has 9 heteroatoms. The second kappa shape index (κ2) is 7.18. The van der Waals surface area contributed by atoms with Crippen LogP contribution in [0.5, 0.6) is 0 Å². The molecule has 3 heterocycles. The Morgan fingerprint density at radius 1 is 1.00 bits per heavy atom. The summed E-state index contributed by atoms with van der Waals surface area (Å²) in [4.78, 5) is 15.2. The molecule has 0 atom stereocenters. The number of aryl methyl sites for hydroxylation is 1. The third kappa shape index (κ3) is 3.67. The van der Waals surface area contributed by atoms with Crippen LogP contribution in [0.4, 0.5) is 15.9 Å². The SMILES string of the molecule is O=C(O)CCc1nnc2ccc(N3CCN(c4ccc(F)cc4)CC3)nn12. The first-order chi connectivity index (χ1) is 13.1. The predicted octanol–water partition coefficient (Wildman–Crippen LogP) is 1.61. The molecule has 3 aromatic rings. The molecule has 1 aliphatic rings. The summed E-state index contributed by atoms with van der Waals surface area (Å²) >= 11 is 0. The minimum absolute atomic E-state index is 0.0109. The summed E-state index contributed by atoms with van der Waals surface area (Å²) in [6, 6.07) is 10.3. The summed E-state index contributed by atoms with van der Waals surface area (Å²) in [6.45, 7) is 3.17. The van der Waals surface area contributed by atoms with Crippen molar-refractivity contribution in [3.8, 4) is 0 Å². The molecule has 0 saturated carbocycles. The molecule has 1 aliphatic heterocycles. The second-order valence-corrected chi connectivity index (χ2v) is 6.42. The van der Waals surface area contributed by atoms with Crippen molar-refractivity contribution in [1.29, 1.82) is 0 Å². The second-order valence-electron chi connectivity index (χ2n) is 6.42. The zero-order valence-corrected chi connectivity index (χ0v) is 14.6. The van der Waals surface area contributed by atoms with Crippen LogP contribution in [0.1, 0.15) is 12.2 Å². The van der Waals surface area contributed by atoms with Gasteiger partial charge in [0.1, 0.15) is 11.6 Å². The molecule has 140 valence electrons. The molecule has 0 unspecified atom stereocenters. The summed E-state index contributed by atoms with van der Waals surface area (Å²) < 4.78 is 14.7. The largest absolute Gasteiger partial charge is 0.481 e. The number of piperazine rings is 1. The van der Waals surface area contributed by atoms with Gasteiger partial charge in [-0.05, 0) is 36.4 Å². The Labute approximate surface area is 154 Å². The molecule has 1 saturated heterocycles. The van der Waals surface area contributed by atoms with Crippen molar-refractivity contribution in [2.45, 2.75) is 12.8 Å². The lowest BCUT2D eigenvalue weighted by Gasteiger charge is -2.36. The molecular formula is C18H19FN6O2. The van der Waals surface area contributed by atoms with E-state index in [-0.39, 0.29) is 18.7 Å². The van der Waals surface area contributed by atoms with E-state index in [2.05, 4.69) is 25.1 Å². The topological polar surface area (TPSA) is 86.9 Å². The van der Waals surface area contributed by atoms with Gasteiger partial charge in [0.2, 0.25) is 0 Å². The van der Waals surface area contributed by atoms with Crippen molar-refractivity contribution in [3.05, 3.63) is 48.0 Å². The van der Waals surface area contributed by atoms with Crippen LogP contribution in [-0.2, 0) is 11.2 Å². The number of aromatic nitrogens is 4. The van der Waals surface area contributed by atoms with Gasteiger partial charge in [0.15, 0.2) is 11.5 Å². The van der Waals surface area contributed by atoms with Gasteiger partial charge in [-0.1, -0.05) is 0 Å². The summed E-state index contributed by atoms with van der Waals surface area (Å²) in [7, 11) is 0. The summed E-state index contributed by atoms with van der Waals surface area (Å²) in [5.41, 5.74) is 1.61. The minimum Gasteiger partial charge on any atom is -0.481 e. The highest BCUT2D eigenvalue weighted by Gasteiger charge is 2.19. The summed E-state index contributed by atoms with van der Waals surface area (Å²) in [5.74, 6) is 0.235. The Kier molecular flexibility index (Phi) is 4.57. The van der Waals surface area contributed by atoms with Crippen molar-refractivity contribution >= 4 is 23.1 Å². The highest BCUT2D eigenvalue weighted by molar-refractivity contribution is 5.67. The normalized spacial score (nSPS) is 14.7. The molecule has 0 radical (unpaired) electrons. The van der Waals surface area contributed by atoms with E-state index in [0.717, 1.165) is 37.7 Å². The van der Waals surface area contributed by atoms with Crippen LogP contribution in [0.2, 0.25) is 0 Å². The van der Waals surface area contributed by atoms with E-state index in [1.165, 1.54) is 12.1 Å². The fourth-order valence-electron chi connectivity index (χ4n) is 3.21. The number of nitrogens with zero attached hydrogens (tertiary/aromatic N) is 6. The van der Waals surface area contributed by atoms with Gasteiger partial charge in [0.05, 0.1) is 6.42 Å². The maximum atomic E-state index is 13.1. The van der Waals surface area contributed by atoms with Crippen LogP contribution in [-0.4, -0.2) is 57.1 Å². The van der Waals surface area contributed by atoms with Crippen LogP contribution in [0.3, 0.4) is 0 Å². The number of hydrogen-bond acceptors (Lipinski definition) is 6. The zero-order valence-electron chi connectivity index (χ0n) is 14.6. The van der Waals surface area contributed by atoms with E-state index in [1.54, 1.807) is 16.6 Å². The number of carboxylic acids is 1. The Hall–Kier alpha value is -3.23. The molecule has 27 heavy (non-hydrogen) atoms. The fraction of sp³-hybridized carbons (Fsp3) is 0.333. The van der Waals surface area contributed by atoms with Crippen molar-refractivity contribution in [3.63, 3.8) is 0 Å². The van der Waals surface area contributed by atoms with Gasteiger partial charge in [-0.25, -0.2) is 4.39 Å². The van der Waals surface area contributed by atoms with Gasteiger partial charge in [-0.3, -0.25) is 4.79 Å². The predicted molar refractivity (Wildman–Crippen MR) is 97.6 cm³/mol. The lowest BCUT2D eigenvalue weighted by atomic mass is 10.2. The molecule has 0 aliphatic carbocycles. The molecular weight excluding hydrogens is 351 g/mol. The smallest absolute Gasteiger partial charge is 0.303 e. The van der Waals surface area contributed by atoms with Crippen LogP contribution < -0.4 is 9.80 Å². The Balaban J connectivity index is 1.47. The average molecular weight is 370 g/mol. The number of anilines is 2.